The van der Waals surface area contributed by atoms with E-state index in [2.05, 4.69) is 41.0 Å². The van der Waals surface area contributed by atoms with Gasteiger partial charge in [-0.15, -0.1) is 5.10 Å². The quantitative estimate of drug-likeness (QED) is 0.282. The molecule has 0 radical (unpaired) electrons. The fraction of sp³-hybridized carbons (Fsp3) is 0.200. The molecule has 0 fully saturated rings. The highest BCUT2D eigenvalue weighted by molar-refractivity contribution is 5.94. The van der Waals surface area contributed by atoms with Gasteiger partial charge in [0.05, 0.1) is 35.5 Å². The number of hydrogen-bond donors (Lipinski definition) is 2. The smallest absolute Gasteiger partial charge is 0.245 e. The number of nitroso groups, excluding NO2 is 1. The predicted molar refractivity (Wildman–Crippen MR) is 135 cm³/mol. The van der Waals surface area contributed by atoms with Gasteiger partial charge in [0.2, 0.25) is 11.8 Å². The summed E-state index contributed by atoms with van der Waals surface area (Å²) in [5, 5.41) is 16.0. The van der Waals surface area contributed by atoms with E-state index in [4.69, 9.17) is 0 Å². The van der Waals surface area contributed by atoms with Crippen molar-refractivity contribution in [3.63, 3.8) is 0 Å². The highest BCUT2D eigenvalue weighted by atomic mass is 16.3. The molecule has 0 saturated carbocycles. The van der Waals surface area contributed by atoms with Gasteiger partial charge in [-0.25, -0.2) is 4.68 Å². The molecule has 3 heterocycles. The minimum atomic E-state index is -0.610. The summed E-state index contributed by atoms with van der Waals surface area (Å²) < 4.78 is 1.66. The number of anilines is 1. The van der Waals surface area contributed by atoms with Crippen LogP contribution in [0.1, 0.15) is 17.1 Å². The molecule has 12 nitrogen and oxygen atoms in total. The second-order valence-electron chi connectivity index (χ2n) is 8.10. The first-order chi connectivity index (χ1) is 18.1. The van der Waals surface area contributed by atoms with Gasteiger partial charge in [-0.3, -0.25) is 24.5 Å². The first-order valence-corrected chi connectivity index (χ1v) is 11.5. The molecular formula is C25H25N9O3. The lowest BCUT2D eigenvalue weighted by molar-refractivity contribution is -0.123. The number of nitrogens with zero attached hydrogens (tertiary/aromatic N) is 7. The van der Waals surface area contributed by atoms with Gasteiger partial charge >= 0.3 is 0 Å². The first-order valence-electron chi connectivity index (χ1n) is 11.5. The van der Waals surface area contributed by atoms with Crippen molar-refractivity contribution in [3.05, 3.63) is 101 Å². The van der Waals surface area contributed by atoms with Crippen molar-refractivity contribution >= 4 is 17.5 Å². The Morgan fingerprint density at radius 2 is 1.49 bits per heavy atom. The van der Waals surface area contributed by atoms with Crippen molar-refractivity contribution in [2.75, 3.05) is 18.4 Å². The lowest BCUT2D eigenvalue weighted by atomic mass is 10.2. The summed E-state index contributed by atoms with van der Waals surface area (Å²) in [4.78, 5) is 44.4. The summed E-state index contributed by atoms with van der Waals surface area (Å²) in [5.41, 5.74) is 3.99. The number of nitrogens with one attached hydrogen (secondary N) is 2. The molecule has 0 bridgehead atoms. The number of amides is 2. The van der Waals surface area contributed by atoms with Gasteiger partial charge in [0.1, 0.15) is 0 Å². The Bertz CT molecular complexity index is 1270. The van der Waals surface area contributed by atoms with Crippen LogP contribution in [-0.4, -0.2) is 54.8 Å². The number of benzene rings is 1. The Kier molecular flexibility index (Phi) is 8.70. The molecule has 0 aliphatic heterocycles. The molecular weight excluding hydrogens is 474 g/mol. The number of pyridine rings is 2. The molecule has 188 valence electrons. The van der Waals surface area contributed by atoms with Crippen LogP contribution in [0.4, 0.5) is 5.69 Å². The maximum atomic E-state index is 12.0. The molecule has 1 aromatic carbocycles. The van der Waals surface area contributed by atoms with E-state index in [1.165, 1.54) is 0 Å². The molecule has 0 aliphatic rings. The van der Waals surface area contributed by atoms with Gasteiger partial charge in [0.25, 0.3) is 0 Å². The standard InChI is InChI=1S/C25H25N9O3/c35-24(14-29-37)28-13-25(36)30-19-7-9-23(10-8-19)34-18-22(31-32-34)17-33(15-20-5-1-3-11-26-20)16-21-6-2-4-12-27-21/h1-12,18H,13-17H2,(H,28,35)(H,30,36). The molecule has 37 heavy (non-hydrogen) atoms. The van der Waals surface area contributed by atoms with Crippen molar-refractivity contribution < 1.29 is 9.59 Å². The SMILES string of the molecule is O=NCC(=O)NCC(=O)Nc1ccc(-n2cc(CN(Cc3ccccn3)Cc3ccccn3)nn2)cc1. The maximum absolute atomic E-state index is 12.0. The molecule has 3 aromatic heterocycles. The average molecular weight is 500 g/mol. The number of carbonyl (C=O) groups excluding carboxylic acids is 2. The molecule has 4 rings (SSSR count). The third kappa shape index (κ3) is 7.83. The summed E-state index contributed by atoms with van der Waals surface area (Å²) in [5.74, 6) is -1.03. The Morgan fingerprint density at radius 1 is 0.838 bits per heavy atom. The van der Waals surface area contributed by atoms with Gasteiger partial charge in [0, 0.05) is 37.7 Å². The number of rotatable bonds is 12. The fourth-order valence-electron chi connectivity index (χ4n) is 3.53. The lowest BCUT2D eigenvalue weighted by Crippen LogP contribution is -2.34. The molecule has 0 aliphatic carbocycles. The molecule has 0 unspecified atom stereocenters. The molecule has 12 heteroatoms. The van der Waals surface area contributed by atoms with Crippen LogP contribution >= 0.6 is 0 Å². The second kappa shape index (κ2) is 12.7. The summed E-state index contributed by atoms with van der Waals surface area (Å²) in [6.45, 7) is 1.03. The van der Waals surface area contributed by atoms with Crippen molar-refractivity contribution in [1.29, 1.82) is 0 Å². The van der Waals surface area contributed by atoms with Crippen LogP contribution in [-0.2, 0) is 29.2 Å². The predicted octanol–water partition coefficient (Wildman–Crippen LogP) is 2.08. The van der Waals surface area contributed by atoms with E-state index in [0.717, 1.165) is 22.8 Å². The monoisotopic (exact) mass is 499 g/mol. The Hall–Kier alpha value is -4.84. The van der Waals surface area contributed by atoms with Crippen molar-refractivity contribution in [2.24, 2.45) is 5.18 Å². The number of aromatic nitrogens is 5. The van der Waals surface area contributed by atoms with Crippen LogP contribution < -0.4 is 10.6 Å². The van der Waals surface area contributed by atoms with E-state index in [0.29, 0.717) is 25.3 Å². The van der Waals surface area contributed by atoms with Crippen LogP contribution in [0.3, 0.4) is 0 Å². The van der Waals surface area contributed by atoms with Crippen LogP contribution in [0, 0.1) is 4.91 Å². The van der Waals surface area contributed by atoms with Crippen molar-refractivity contribution in [1.82, 2.24) is 35.2 Å². The molecule has 0 spiro atoms. The van der Waals surface area contributed by atoms with Gasteiger partial charge in [-0.2, -0.15) is 4.91 Å². The van der Waals surface area contributed by atoms with Crippen LogP contribution in [0.2, 0.25) is 0 Å². The molecule has 2 N–H and O–H groups in total. The zero-order valence-electron chi connectivity index (χ0n) is 19.9. The minimum absolute atomic E-state index is 0.254. The van der Waals surface area contributed by atoms with E-state index in [1.54, 1.807) is 41.3 Å². The third-order valence-corrected chi connectivity index (χ3v) is 5.22. The van der Waals surface area contributed by atoms with E-state index in [-0.39, 0.29) is 6.54 Å². The maximum Gasteiger partial charge on any atom is 0.245 e. The van der Waals surface area contributed by atoms with Crippen molar-refractivity contribution in [3.8, 4) is 5.69 Å². The number of carbonyl (C=O) groups is 2. The second-order valence-corrected chi connectivity index (χ2v) is 8.10. The number of hydrogen-bond acceptors (Lipinski definition) is 9. The van der Waals surface area contributed by atoms with E-state index >= 15 is 0 Å². The fourth-order valence-corrected chi connectivity index (χ4v) is 3.53. The zero-order valence-corrected chi connectivity index (χ0v) is 19.9. The molecule has 0 saturated heterocycles. The topological polar surface area (TPSA) is 147 Å². The third-order valence-electron chi connectivity index (χ3n) is 5.22. The van der Waals surface area contributed by atoms with E-state index in [9.17, 15) is 14.5 Å². The van der Waals surface area contributed by atoms with E-state index < -0.39 is 18.4 Å². The van der Waals surface area contributed by atoms with Crippen molar-refractivity contribution in [2.45, 2.75) is 19.6 Å². The lowest BCUT2D eigenvalue weighted by Gasteiger charge is -2.20. The van der Waals surface area contributed by atoms with Crippen LogP contribution in [0.15, 0.2) is 84.4 Å². The van der Waals surface area contributed by atoms with E-state index in [1.807, 2.05) is 42.6 Å². The van der Waals surface area contributed by atoms with Gasteiger partial charge in [0.15, 0.2) is 6.54 Å². The first kappa shape index (κ1) is 25.3. The van der Waals surface area contributed by atoms with Crippen LogP contribution in [0.25, 0.3) is 5.69 Å². The van der Waals surface area contributed by atoms with Crippen LogP contribution in [0.5, 0.6) is 0 Å². The highest BCUT2D eigenvalue weighted by Crippen LogP contribution is 2.15. The van der Waals surface area contributed by atoms with Gasteiger partial charge in [-0.1, -0.05) is 22.5 Å². The molecule has 0 atom stereocenters. The molecule has 2 amide bonds. The normalized spacial score (nSPS) is 10.7. The zero-order chi connectivity index (χ0) is 25.9. The summed E-state index contributed by atoms with van der Waals surface area (Å²) in [7, 11) is 0. The summed E-state index contributed by atoms with van der Waals surface area (Å²) >= 11 is 0. The largest absolute Gasteiger partial charge is 0.345 e. The minimum Gasteiger partial charge on any atom is -0.345 e. The summed E-state index contributed by atoms with van der Waals surface area (Å²) in [6.07, 6.45) is 5.41. The Morgan fingerprint density at radius 3 is 2.08 bits per heavy atom. The average Bonchev–Trinajstić information content (AvgIpc) is 3.38. The summed E-state index contributed by atoms with van der Waals surface area (Å²) in [6, 6.07) is 18.7. The van der Waals surface area contributed by atoms with Gasteiger partial charge in [-0.05, 0) is 48.5 Å². The van der Waals surface area contributed by atoms with Gasteiger partial charge < -0.3 is 10.6 Å². The Balaban J connectivity index is 1.38. The molecule has 4 aromatic rings. The Labute approximate surface area is 212 Å². The highest BCUT2D eigenvalue weighted by Gasteiger charge is 2.13.